The van der Waals surface area contributed by atoms with E-state index in [4.69, 9.17) is 9.97 Å². The van der Waals surface area contributed by atoms with Crippen LogP contribution in [-0.4, -0.2) is 36.9 Å². The number of anilines is 2. The van der Waals surface area contributed by atoms with Crippen LogP contribution in [0.3, 0.4) is 0 Å². The van der Waals surface area contributed by atoms with Crippen LogP contribution in [0.1, 0.15) is 68.2 Å². The van der Waals surface area contributed by atoms with Gasteiger partial charge < -0.3 is 14.8 Å². The molecule has 3 heterocycles. The van der Waals surface area contributed by atoms with E-state index in [2.05, 4.69) is 39.1 Å². The molecule has 0 bridgehead atoms. The lowest BCUT2D eigenvalue weighted by atomic mass is 9.85. The highest BCUT2D eigenvalue weighted by atomic mass is 16.2. The highest BCUT2D eigenvalue weighted by Crippen LogP contribution is 2.30. The fourth-order valence-corrected chi connectivity index (χ4v) is 5.32. The van der Waals surface area contributed by atoms with Crippen LogP contribution >= 0.6 is 0 Å². The minimum atomic E-state index is 0.124. The number of hydrogen-bond acceptors (Lipinski definition) is 5. The van der Waals surface area contributed by atoms with Gasteiger partial charge in [-0.2, -0.15) is 0 Å². The molecule has 0 radical (unpaired) electrons. The molecule has 7 heteroatoms. The van der Waals surface area contributed by atoms with Crippen LogP contribution in [0.25, 0.3) is 5.69 Å². The van der Waals surface area contributed by atoms with E-state index in [1.165, 1.54) is 38.5 Å². The number of carbonyl (C=O) groups is 1. The molecule has 178 valence electrons. The lowest BCUT2D eigenvalue weighted by Gasteiger charge is -2.29. The summed E-state index contributed by atoms with van der Waals surface area (Å²) in [4.78, 5) is 28.1. The third-order valence-electron chi connectivity index (χ3n) is 7.33. The van der Waals surface area contributed by atoms with Crippen molar-refractivity contribution in [2.75, 3.05) is 11.9 Å². The van der Waals surface area contributed by atoms with Crippen LogP contribution in [-0.2, 0) is 24.2 Å². The quantitative estimate of drug-likeness (QED) is 0.554. The third kappa shape index (κ3) is 4.98. The summed E-state index contributed by atoms with van der Waals surface area (Å²) in [5.41, 5.74) is 5.38. The second-order valence-corrected chi connectivity index (χ2v) is 9.67. The molecule has 5 rings (SSSR count). The molecule has 0 atom stereocenters. The molecule has 0 unspecified atom stereocenters. The molecule has 0 spiro atoms. The lowest BCUT2D eigenvalue weighted by Crippen LogP contribution is -2.35. The number of aromatic nitrogens is 4. The van der Waals surface area contributed by atoms with Gasteiger partial charge in [-0.05, 0) is 49.9 Å². The van der Waals surface area contributed by atoms with Crippen molar-refractivity contribution in [3.8, 4) is 5.69 Å². The van der Waals surface area contributed by atoms with Crippen molar-refractivity contribution in [2.45, 2.75) is 71.8 Å². The van der Waals surface area contributed by atoms with Crippen molar-refractivity contribution in [2.24, 2.45) is 5.92 Å². The van der Waals surface area contributed by atoms with Gasteiger partial charge in [-0.1, -0.05) is 32.1 Å². The second kappa shape index (κ2) is 9.95. The summed E-state index contributed by atoms with van der Waals surface area (Å²) < 4.78 is 2.06. The maximum absolute atomic E-state index is 12.0. The molecule has 1 aliphatic carbocycles. The van der Waals surface area contributed by atoms with E-state index >= 15 is 0 Å². The Balaban J connectivity index is 1.37. The van der Waals surface area contributed by atoms with Gasteiger partial charge in [0.2, 0.25) is 11.9 Å². The van der Waals surface area contributed by atoms with Crippen molar-refractivity contribution in [1.82, 2.24) is 24.4 Å². The molecule has 1 amide bonds. The summed E-state index contributed by atoms with van der Waals surface area (Å²) in [7, 11) is 0. The van der Waals surface area contributed by atoms with Crippen molar-refractivity contribution in [1.29, 1.82) is 0 Å². The van der Waals surface area contributed by atoms with Gasteiger partial charge in [-0.25, -0.2) is 15.0 Å². The average Bonchev–Trinajstić information content (AvgIpc) is 3.29. The average molecular weight is 459 g/mol. The molecule has 1 aromatic carbocycles. The van der Waals surface area contributed by atoms with Crippen LogP contribution in [0.4, 0.5) is 11.6 Å². The first-order chi connectivity index (χ1) is 16.6. The largest absolute Gasteiger partial charge is 0.338 e. The normalized spacial score (nSPS) is 16.4. The predicted molar refractivity (Wildman–Crippen MR) is 133 cm³/mol. The standard InChI is InChI=1S/C27H34N6O/c1-19-28-15-17-33(19)23-11-9-22(10-12-23)29-27-30-25(13-8-21-6-4-3-5-7-21)24-18-32(20(2)34)16-14-26(24)31-27/h9-12,15,17,21H,3-8,13-14,16,18H2,1-2H3,(H,29,30,31). The minimum Gasteiger partial charge on any atom is -0.338 e. The smallest absolute Gasteiger partial charge is 0.227 e. The second-order valence-electron chi connectivity index (χ2n) is 9.67. The molecular formula is C27H34N6O. The number of amides is 1. The van der Waals surface area contributed by atoms with E-state index in [1.807, 2.05) is 24.2 Å². The van der Waals surface area contributed by atoms with E-state index in [0.717, 1.165) is 59.5 Å². The number of benzene rings is 1. The van der Waals surface area contributed by atoms with Crippen LogP contribution in [0, 0.1) is 12.8 Å². The number of carbonyl (C=O) groups excluding carboxylic acids is 1. The maximum Gasteiger partial charge on any atom is 0.227 e. The number of imidazole rings is 1. The Bertz CT molecular complexity index is 1150. The molecule has 7 nitrogen and oxygen atoms in total. The maximum atomic E-state index is 12.0. The van der Waals surface area contributed by atoms with Crippen LogP contribution in [0.2, 0.25) is 0 Å². The van der Waals surface area contributed by atoms with E-state index in [9.17, 15) is 4.79 Å². The Labute approximate surface area is 201 Å². The highest BCUT2D eigenvalue weighted by Gasteiger charge is 2.24. The van der Waals surface area contributed by atoms with Gasteiger partial charge >= 0.3 is 0 Å². The highest BCUT2D eigenvalue weighted by molar-refractivity contribution is 5.73. The zero-order valence-electron chi connectivity index (χ0n) is 20.3. The van der Waals surface area contributed by atoms with Crippen molar-refractivity contribution < 1.29 is 4.79 Å². The minimum absolute atomic E-state index is 0.124. The summed E-state index contributed by atoms with van der Waals surface area (Å²) >= 11 is 0. The van der Waals surface area contributed by atoms with Gasteiger partial charge in [0, 0.05) is 55.8 Å². The lowest BCUT2D eigenvalue weighted by molar-refractivity contribution is -0.129. The Morgan fingerprint density at radius 1 is 1.12 bits per heavy atom. The van der Waals surface area contributed by atoms with E-state index in [0.29, 0.717) is 12.5 Å². The van der Waals surface area contributed by atoms with Gasteiger partial charge in [0.15, 0.2) is 0 Å². The summed E-state index contributed by atoms with van der Waals surface area (Å²) in [5.74, 6) is 2.53. The molecular weight excluding hydrogens is 424 g/mol. The number of rotatable bonds is 6. The topological polar surface area (TPSA) is 75.9 Å². The van der Waals surface area contributed by atoms with E-state index in [-0.39, 0.29) is 5.91 Å². The first kappa shape index (κ1) is 22.6. The first-order valence-corrected chi connectivity index (χ1v) is 12.6. The van der Waals surface area contributed by atoms with Crippen LogP contribution < -0.4 is 5.32 Å². The zero-order valence-corrected chi connectivity index (χ0v) is 20.3. The Kier molecular flexibility index (Phi) is 6.61. The summed E-state index contributed by atoms with van der Waals surface area (Å²) in [5, 5.41) is 3.43. The van der Waals surface area contributed by atoms with Crippen molar-refractivity contribution >= 4 is 17.5 Å². The molecule has 0 saturated heterocycles. The van der Waals surface area contributed by atoms with Gasteiger partial charge in [0.05, 0.1) is 11.4 Å². The number of fused-ring (bicyclic) bond motifs is 1. The summed E-state index contributed by atoms with van der Waals surface area (Å²) in [6.07, 6.45) is 13.4. The van der Waals surface area contributed by atoms with Crippen molar-refractivity contribution in [3.05, 3.63) is 59.4 Å². The molecule has 1 fully saturated rings. The zero-order chi connectivity index (χ0) is 23.5. The van der Waals surface area contributed by atoms with Gasteiger partial charge in [-0.15, -0.1) is 0 Å². The predicted octanol–water partition coefficient (Wildman–Crippen LogP) is 5.13. The fraction of sp³-hybridized carbons (Fsp3) is 0.481. The number of nitrogens with one attached hydrogen (secondary N) is 1. The van der Waals surface area contributed by atoms with Gasteiger partial charge in [0.25, 0.3) is 0 Å². The molecule has 2 aliphatic rings. The van der Waals surface area contributed by atoms with Crippen molar-refractivity contribution in [3.63, 3.8) is 0 Å². The van der Waals surface area contributed by atoms with E-state index in [1.54, 1.807) is 6.92 Å². The molecule has 2 aromatic heterocycles. The number of aryl methyl sites for hydroxylation is 2. The van der Waals surface area contributed by atoms with Crippen LogP contribution in [0.5, 0.6) is 0 Å². The molecule has 1 aliphatic heterocycles. The van der Waals surface area contributed by atoms with Gasteiger partial charge in [-0.3, -0.25) is 4.79 Å². The SMILES string of the molecule is CC(=O)N1CCc2nc(Nc3ccc(-n4ccnc4C)cc3)nc(CCC3CCCCC3)c2C1. The summed E-state index contributed by atoms with van der Waals surface area (Å²) in [6, 6.07) is 8.25. The summed E-state index contributed by atoms with van der Waals surface area (Å²) in [6.45, 7) is 5.00. The molecule has 3 aromatic rings. The molecule has 34 heavy (non-hydrogen) atoms. The third-order valence-corrected chi connectivity index (χ3v) is 7.33. The molecule has 1 saturated carbocycles. The number of nitrogens with zero attached hydrogens (tertiary/aromatic N) is 5. The van der Waals surface area contributed by atoms with Gasteiger partial charge in [0.1, 0.15) is 5.82 Å². The Morgan fingerprint density at radius 2 is 1.91 bits per heavy atom. The number of hydrogen-bond donors (Lipinski definition) is 1. The Morgan fingerprint density at radius 3 is 2.62 bits per heavy atom. The fourth-order valence-electron chi connectivity index (χ4n) is 5.32. The van der Waals surface area contributed by atoms with Crippen LogP contribution in [0.15, 0.2) is 36.7 Å². The monoisotopic (exact) mass is 458 g/mol. The first-order valence-electron chi connectivity index (χ1n) is 12.6. The molecule has 1 N–H and O–H groups in total. The Hall–Kier alpha value is -3.22. The van der Waals surface area contributed by atoms with E-state index < -0.39 is 0 Å².